The number of carbonyl (C=O) groups excluding carboxylic acids is 1. The molecule has 0 saturated heterocycles. The highest BCUT2D eigenvalue weighted by Gasteiger charge is 2.34. The Labute approximate surface area is 101 Å². The lowest BCUT2D eigenvalue weighted by molar-refractivity contribution is -0.140. The van der Waals surface area contributed by atoms with Crippen LogP contribution >= 0.6 is 0 Å². The third-order valence-corrected chi connectivity index (χ3v) is 2.37. The quantitative estimate of drug-likeness (QED) is 0.820. The van der Waals surface area contributed by atoms with Crippen LogP contribution in [-0.2, 0) is 11.0 Å². The zero-order valence-corrected chi connectivity index (χ0v) is 9.51. The highest BCUT2D eigenvalue weighted by molar-refractivity contribution is 5.76. The van der Waals surface area contributed by atoms with Crippen molar-refractivity contribution in [1.29, 1.82) is 0 Å². The van der Waals surface area contributed by atoms with Gasteiger partial charge in [0.25, 0.3) is 0 Å². The lowest BCUT2D eigenvalue weighted by Gasteiger charge is -2.13. The molecule has 0 aromatic heterocycles. The Kier molecular flexibility index (Phi) is 4.15. The minimum atomic E-state index is -4.75. The zero-order valence-electron chi connectivity index (χ0n) is 9.51. The van der Waals surface area contributed by atoms with Crippen LogP contribution in [0.4, 0.5) is 23.2 Å². The van der Waals surface area contributed by atoms with Gasteiger partial charge in [0.05, 0.1) is 11.5 Å². The maximum absolute atomic E-state index is 13.0. The molecule has 1 aromatic rings. The summed E-state index contributed by atoms with van der Waals surface area (Å²) < 4.78 is 50.2. The molecule has 0 bridgehead atoms. The predicted molar refractivity (Wildman–Crippen MR) is 58.3 cm³/mol. The van der Waals surface area contributed by atoms with E-state index in [9.17, 15) is 22.4 Å². The summed E-state index contributed by atoms with van der Waals surface area (Å²) in [5.74, 6) is -2.44. The summed E-state index contributed by atoms with van der Waals surface area (Å²) in [5, 5.41) is 2.60. The van der Waals surface area contributed by atoms with Gasteiger partial charge >= 0.3 is 6.18 Å². The van der Waals surface area contributed by atoms with E-state index < -0.39 is 29.4 Å². The fraction of sp³-hybridized carbons (Fsp3) is 0.364. The van der Waals surface area contributed by atoms with Gasteiger partial charge in [-0.25, -0.2) is 4.39 Å². The topological polar surface area (TPSA) is 55.1 Å². The monoisotopic (exact) mass is 264 g/mol. The highest BCUT2D eigenvalue weighted by atomic mass is 19.4. The van der Waals surface area contributed by atoms with E-state index >= 15 is 0 Å². The average Bonchev–Trinajstić information content (AvgIpc) is 2.25. The maximum atomic E-state index is 13.0. The van der Waals surface area contributed by atoms with Gasteiger partial charge in [0.15, 0.2) is 0 Å². The fourth-order valence-corrected chi connectivity index (χ4v) is 1.22. The summed E-state index contributed by atoms with van der Waals surface area (Å²) in [5.41, 5.74) is 3.74. The van der Waals surface area contributed by atoms with Gasteiger partial charge < -0.3 is 11.1 Å². The van der Waals surface area contributed by atoms with Crippen LogP contribution in [0, 0.1) is 11.7 Å². The van der Waals surface area contributed by atoms with Gasteiger partial charge in [0.1, 0.15) is 5.82 Å². The van der Waals surface area contributed by atoms with Crippen LogP contribution in [0.2, 0.25) is 0 Å². The first-order valence-corrected chi connectivity index (χ1v) is 5.11. The van der Waals surface area contributed by atoms with Crippen molar-refractivity contribution >= 4 is 11.6 Å². The van der Waals surface area contributed by atoms with E-state index in [1.165, 1.54) is 6.92 Å². The van der Waals surface area contributed by atoms with E-state index in [2.05, 4.69) is 5.32 Å². The number of nitrogens with two attached hydrogens (primary N) is 1. The van der Waals surface area contributed by atoms with Crippen molar-refractivity contribution in [3.05, 3.63) is 29.6 Å². The lowest BCUT2D eigenvalue weighted by atomic mass is 10.1. The summed E-state index contributed by atoms with van der Waals surface area (Å²) in [6, 6.07) is 2.54. The minimum Gasteiger partial charge on any atom is -0.384 e. The Morgan fingerprint density at radius 3 is 2.56 bits per heavy atom. The molecule has 0 radical (unpaired) electrons. The van der Waals surface area contributed by atoms with Gasteiger partial charge in [-0.2, -0.15) is 13.2 Å². The van der Waals surface area contributed by atoms with Crippen LogP contribution in [0.1, 0.15) is 12.5 Å². The summed E-state index contributed by atoms with van der Waals surface area (Å²) in [6.45, 7) is 1.61. The Balaban J connectivity index is 2.83. The number of benzene rings is 1. The van der Waals surface area contributed by atoms with E-state index in [1.54, 1.807) is 0 Å². The van der Waals surface area contributed by atoms with Gasteiger partial charge in [-0.1, -0.05) is 6.92 Å². The van der Waals surface area contributed by atoms with Gasteiger partial charge in [-0.15, -0.1) is 0 Å². The van der Waals surface area contributed by atoms with Crippen molar-refractivity contribution in [2.24, 2.45) is 11.7 Å². The van der Waals surface area contributed by atoms with E-state index in [4.69, 9.17) is 5.73 Å². The number of hydrogen-bond acceptors (Lipinski definition) is 2. The molecule has 1 rings (SSSR count). The molecular weight excluding hydrogens is 252 g/mol. The van der Waals surface area contributed by atoms with Crippen molar-refractivity contribution in [3.63, 3.8) is 0 Å². The first-order chi connectivity index (χ1) is 8.21. The number of amides is 1. The molecule has 1 amide bonds. The smallest absolute Gasteiger partial charge is 0.384 e. The molecule has 0 heterocycles. The van der Waals surface area contributed by atoms with Crippen molar-refractivity contribution in [3.8, 4) is 0 Å². The van der Waals surface area contributed by atoms with Crippen molar-refractivity contribution in [1.82, 2.24) is 0 Å². The van der Waals surface area contributed by atoms with Crippen molar-refractivity contribution in [2.45, 2.75) is 13.1 Å². The van der Waals surface area contributed by atoms with Crippen LogP contribution in [0.15, 0.2) is 18.2 Å². The third kappa shape index (κ3) is 3.61. The normalized spacial score (nSPS) is 13.2. The van der Waals surface area contributed by atoms with E-state index in [0.29, 0.717) is 6.07 Å². The van der Waals surface area contributed by atoms with Gasteiger partial charge in [0.2, 0.25) is 5.91 Å². The number of anilines is 1. The highest BCUT2D eigenvalue weighted by Crippen LogP contribution is 2.32. The molecule has 3 nitrogen and oxygen atoms in total. The Hall–Kier alpha value is -1.79. The third-order valence-electron chi connectivity index (χ3n) is 2.37. The lowest BCUT2D eigenvalue weighted by Crippen LogP contribution is -2.26. The standard InChI is InChI=1S/C11H12F4N2O/c1-6(10(16)18)5-17-7-2-3-9(12)8(4-7)11(13,14)15/h2-4,6,17H,5H2,1H3,(H2,16,18). The Bertz CT molecular complexity index is 445. The number of hydrogen-bond donors (Lipinski definition) is 2. The number of alkyl halides is 3. The summed E-state index contributed by atoms with van der Waals surface area (Å²) in [7, 11) is 0. The Morgan fingerprint density at radius 1 is 1.44 bits per heavy atom. The Morgan fingerprint density at radius 2 is 2.06 bits per heavy atom. The molecule has 1 unspecified atom stereocenters. The van der Waals surface area contributed by atoms with Gasteiger partial charge in [-0.3, -0.25) is 4.79 Å². The molecule has 18 heavy (non-hydrogen) atoms. The second kappa shape index (κ2) is 5.24. The number of halogens is 4. The summed E-state index contributed by atoms with van der Waals surface area (Å²) in [4.78, 5) is 10.7. The molecule has 0 aliphatic rings. The van der Waals surface area contributed by atoms with Crippen LogP contribution < -0.4 is 11.1 Å². The minimum absolute atomic E-state index is 0.0804. The average molecular weight is 264 g/mol. The molecule has 0 fully saturated rings. The number of rotatable bonds is 4. The number of nitrogens with one attached hydrogen (secondary N) is 1. The molecule has 1 aromatic carbocycles. The molecule has 0 aliphatic heterocycles. The predicted octanol–water partition coefficient (Wildman–Crippen LogP) is 2.38. The van der Waals surface area contributed by atoms with E-state index in [0.717, 1.165) is 12.1 Å². The second-order valence-electron chi connectivity index (χ2n) is 3.88. The molecular formula is C11H12F4N2O. The van der Waals surface area contributed by atoms with Crippen LogP contribution in [0.3, 0.4) is 0 Å². The van der Waals surface area contributed by atoms with Gasteiger partial charge in [-0.05, 0) is 18.2 Å². The summed E-state index contributed by atoms with van der Waals surface area (Å²) >= 11 is 0. The molecule has 0 spiro atoms. The second-order valence-corrected chi connectivity index (χ2v) is 3.88. The number of primary amides is 1. The van der Waals surface area contributed by atoms with Crippen LogP contribution in [0.5, 0.6) is 0 Å². The molecule has 3 N–H and O–H groups in total. The number of carbonyl (C=O) groups is 1. The first kappa shape index (κ1) is 14.3. The maximum Gasteiger partial charge on any atom is 0.419 e. The first-order valence-electron chi connectivity index (χ1n) is 5.11. The molecule has 0 saturated carbocycles. The van der Waals surface area contributed by atoms with Crippen molar-refractivity contribution in [2.75, 3.05) is 11.9 Å². The zero-order chi connectivity index (χ0) is 13.9. The molecule has 0 aliphatic carbocycles. The molecule has 1 atom stereocenters. The summed E-state index contributed by atoms with van der Waals surface area (Å²) in [6.07, 6.45) is -4.75. The van der Waals surface area contributed by atoms with Crippen LogP contribution in [0.25, 0.3) is 0 Å². The van der Waals surface area contributed by atoms with Gasteiger partial charge in [0, 0.05) is 12.2 Å². The fourth-order valence-electron chi connectivity index (χ4n) is 1.22. The van der Waals surface area contributed by atoms with E-state index in [-0.39, 0.29) is 12.2 Å². The largest absolute Gasteiger partial charge is 0.419 e. The molecule has 100 valence electrons. The van der Waals surface area contributed by atoms with Crippen molar-refractivity contribution < 1.29 is 22.4 Å². The van der Waals surface area contributed by atoms with Crippen LogP contribution in [-0.4, -0.2) is 12.5 Å². The van der Waals surface area contributed by atoms with E-state index in [1.807, 2.05) is 0 Å². The molecule has 7 heteroatoms. The SMILES string of the molecule is CC(CNc1ccc(F)c(C(F)(F)F)c1)C(N)=O.